The Labute approximate surface area is 276 Å². The zero-order chi connectivity index (χ0) is 30.5. The topological polar surface area (TPSA) is 95.2 Å². The van der Waals surface area contributed by atoms with E-state index in [0.717, 1.165) is 54.7 Å². The summed E-state index contributed by atoms with van der Waals surface area (Å²) < 4.78 is 0. The number of halogens is 4. The smallest absolute Gasteiger partial charge is 0.0994 e. The molecule has 4 aromatic rings. The normalized spacial score (nSPS) is 8.90. The largest absolute Gasteiger partial charge is 0.192 e. The first-order chi connectivity index (χ1) is 19.9. The number of hydrogen-bond donors (Lipinski definition) is 0. The molecule has 0 aliphatic rings. The molecule has 0 N–H and O–H groups in total. The van der Waals surface area contributed by atoms with Crippen molar-refractivity contribution in [3.05, 3.63) is 141 Å². The first-order valence-electron chi connectivity index (χ1n) is 12.1. The third-order valence-corrected chi connectivity index (χ3v) is 7.85. The number of nitrogens with zero attached hydrogens (tertiary/aromatic N) is 4. The summed E-state index contributed by atoms with van der Waals surface area (Å²) in [5.74, 6) is 0. The van der Waals surface area contributed by atoms with E-state index in [9.17, 15) is 0 Å². The van der Waals surface area contributed by atoms with Crippen molar-refractivity contribution in [3.63, 3.8) is 0 Å². The molecule has 0 aliphatic carbocycles. The van der Waals surface area contributed by atoms with Crippen LogP contribution in [0.2, 0.25) is 0 Å². The molecule has 0 aliphatic heterocycles. The Bertz CT molecular complexity index is 1540. The Morgan fingerprint density at radius 3 is 1.59 bits per heavy atom. The molecule has 4 nitrogen and oxygen atoms in total. The van der Waals surface area contributed by atoms with Crippen molar-refractivity contribution in [2.45, 2.75) is 28.2 Å². The van der Waals surface area contributed by atoms with Crippen molar-refractivity contribution in [3.8, 4) is 24.3 Å². The highest BCUT2D eigenvalue weighted by molar-refractivity contribution is 9.09. The lowest BCUT2D eigenvalue weighted by molar-refractivity contribution is 1.29. The zero-order valence-electron chi connectivity index (χ0n) is 22.3. The van der Waals surface area contributed by atoms with Crippen molar-refractivity contribution in [1.29, 1.82) is 21.0 Å². The van der Waals surface area contributed by atoms with E-state index in [2.05, 4.69) is 88.0 Å². The summed E-state index contributed by atoms with van der Waals surface area (Å²) in [5.41, 5.74) is 8.59. The fourth-order valence-corrected chi connectivity index (χ4v) is 5.08. The number of hydrogen-bond acceptors (Lipinski definition) is 4. The maximum atomic E-state index is 8.70. The van der Waals surface area contributed by atoms with Gasteiger partial charge in [-0.15, -0.1) is 0 Å². The molecule has 0 unspecified atom stereocenters. The second-order valence-corrected chi connectivity index (χ2v) is 10.4. The van der Waals surface area contributed by atoms with Crippen molar-refractivity contribution in [1.82, 2.24) is 0 Å². The van der Waals surface area contributed by atoms with Gasteiger partial charge in [-0.25, -0.2) is 0 Å². The lowest BCUT2D eigenvalue weighted by Crippen LogP contribution is -1.88. The second kappa shape index (κ2) is 21.5. The van der Waals surface area contributed by atoms with Gasteiger partial charge in [0.25, 0.3) is 0 Å². The summed E-state index contributed by atoms with van der Waals surface area (Å²) in [6, 6.07) is 36.8. The summed E-state index contributed by atoms with van der Waals surface area (Å²) in [6.07, 6.45) is 0. The SMILES string of the molecule is Cc1cccc(C#N)c1CBr.N#Cc1ccc(CBr)cc1.N#Cc1cccc(CBr)c1.N#Cc1ccccc1CBr. The first-order valence-corrected chi connectivity index (χ1v) is 16.6. The van der Waals surface area contributed by atoms with Crippen LogP contribution in [0.3, 0.4) is 0 Å². The molecular formula is C33H26Br4N4. The quantitative estimate of drug-likeness (QED) is 0.192. The lowest BCUT2D eigenvalue weighted by atomic mass is 10.1. The van der Waals surface area contributed by atoms with Crippen LogP contribution in [0.5, 0.6) is 0 Å². The minimum absolute atomic E-state index is 0.713. The van der Waals surface area contributed by atoms with Gasteiger partial charge in [0.2, 0.25) is 0 Å². The summed E-state index contributed by atoms with van der Waals surface area (Å²) >= 11 is 13.3. The second-order valence-electron chi connectivity index (χ2n) is 8.14. The predicted octanol–water partition coefficient (Wildman–Crippen LogP) is 10.1. The highest BCUT2D eigenvalue weighted by Crippen LogP contribution is 2.16. The van der Waals surface area contributed by atoms with Crippen LogP contribution in [0.25, 0.3) is 0 Å². The number of benzene rings is 4. The van der Waals surface area contributed by atoms with E-state index in [1.807, 2.05) is 91.9 Å². The van der Waals surface area contributed by atoms with Crippen molar-refractivity contribution < 1.29 is 0 Å². The van der Waals surface area contributed by atoms with E-state index in [-0.39, 0.29) is 0 Å². The molecule has 0 spiro atoms. The van der Waals surface area contributed by atoms with Crippen LogP contribution in [0.4, 0.5) is 0 Å². The van der Waals surface area contributed by atoms with Crippen LogP contribution in [-0.4, -0.2) is 0 Å². The maximum absolute atomic E-state index is 8.70. The van der Waals surface area contributed by atoms with Gasteiger partial charge in [-0.2, -0.15) is 21.0 Å². The van der Waals surface area contributed by atoms with Gasteiger partial charge in [0.1, 0.15) is 0 Å². The lowest BCUT2D eigenvalue weighted by Gasteiger charge is -2.02. The van der Waals surface area contributed by atoms with E-state index in [1.54, 1.807) is 6.07 Å². The monoisotopic (exact) mass is 794 g/mol. The van der Waals surface area contributed by atoms with Gasteiger partial charge in [-0.3, -0.25) is 0 Å². The highest BCUT2D eigenvalue weighted by Gasteiger charge is 2.01. The average molecular weight is 798 g/mol. The van der Waals surface area contributed by atoms with Gasteiger partial charge >= 0.3 is 0 Å². The van der Waals surface area contributed by atoms with Gasteiger partial charge in [0, 0.05) is 21.3 Å². The van der Waals surface area contributed by atoms with Gasteiger partial charge < -0.3 is 0 Å². The van der Waals surface area contributed by atoms with Crippen molar-refractivity contribution in [2.75, 3.05) is 0 Å². The third-order valence-electron chi connectivity index (χ3n) is 5.39. The molecule has 0 radical (unpaired) electrons. The first kappa shape index (κ1) is 35.8. The van der Waals surface area contributed by atoms with Crippen LogP contribution in [0.1, 0.15) is 50.1 Å². The van der Waals surface area contributed by atoms with Crippen LogP contribution < -0.4 is 0 Å². The third kappa shape index (κ3) is 13.3. The minimum atomic E-state index is 0.713. The average Bonchev–Trinajstić information content (AvgIpc) is 3.05. The molecule has 0 saturated heterocycles. The molecule has 0 amide bonds. The molecule has 4 rings (SSSR count). The summed E-state index contributed by atoms with van der Waals surface area (Å²) in [4.78, 5) is 0. The molecule has 206 valence electrons. The molecule has 8 heteroatoms. The van der Waals surface area contributed by atoms with Crippen molar-refractivity contribution in [2.24, 2.45) is 0 Å². The fraction of sp³-hybridized carbons (Fsp3) is 0.152. The zero-order valence-corrected chi connectivity index (χ0v) is 28.6. The molecule has 0 heterocycles. The highest BCUT2D eigenvalue weighted by atomic mass is 79.9. The van der Waals surface area contributed by atoms with Crippen LogP contribution in [-0.2, 0) is 21.3 Å². The Balaban J connectivity index is 0.000000274. The van der Waals surface area contributed by atoms with Gasteiger partial charge in [0.15, 0.2) is 0 Å². The minimum Gasteiger partial charge on any atom is -0.192 e. The molecular weight excluding hydrogens is 772 g/mol. The number of nitriles is 4. The standard InChI is InChI=1S/C9H8BrN.3C8H6BrN/c1-7-3-2-4-8(6-11)9(7)5-10;9-5-7-1-3-8(6-10)4-2-7;9-5-7-2-1-3-8(4-7)6-10;9-5-7-3-1-2-4-8(7)6-10/h2-4H,5H2,1H3;3*1-4H,5H2. The van der Waals surface area contributed by atoms with E-state index >= 15 is 0 Å². The molecule has 0 saturated carbocycles. The Hall–Kier alpha value is -3.24. The molecule has 0 aromatic heterocycles. The predicted molar refractivity (Wildman–Crippen MR) is 180 cm³/mol. The van der Waals surface area contributed by atoms with Crippen LogP contribution >= 0.6 is 63.7 Å². The number of alkyl halides is 4. The molecule has 0 atom stereocenters. The van der Waals surface area contributed by atoms with E-state index in [4.69, 9.17) is 21.0 Å². The van der Waals surface area contributed by atoms with Crippen molar-refractivity contribution >= 4 is 63.7 Å². The summed E-state index contributed by atoms with van der Waals surface area (Å²) in [6.45, 7) is 2.01. The van der Waals surface area contributed by atoms with Crippen LogP contribution in [0.15, 0.2) is 91.0 Å². The Morgan fingerprint density at radius 2 is 1.10 bits per heavy atom. The summed E-state index contributed by atoms with van der Waals surface area (Å²) in [7, 11) is 0. The maximum Gasteiger partial charge on any atom is 0.0994 e. The van der Waals surface area contributed by atoms with Gasteiger partial charge in [0.05, 0.1) is 46.5 Å². The van der Waals surface area contributed by atoms with Gasteiger partial charge in [-0.05, 0) is 71.1 Å². The molecule has 0 fully saturated rings. The Kier molecular flexibility index (Phi) is 18.8. The molecule has 4 aromatic carbocycles. The molecule has 41 heavy (non-hydrogen) atoms. The van der Waals surface area contributed by atoms with E-state index < -0.39 is 0 Å². The number of rotatable bonds is 4. The van der Waals surface area contributed by atoms with Crippen LogP contribution in [0, 0.1) is 52.2 Å². The van der Waals surface area contributed by atoms with E-state index in [0.29, 0.717) is 5.56 Å². The van der Waals surface area contributed by atoms with Gasteiger partial charge in [-0.1, -0.05) is 118 Å². The number of aryl methyl sites for hydroxylation is 1. The van der Waals surface area contributed by atoms with E-state index in [1.165, 1.54) is 11.1 Å². The fourth-order valence-electron chi connectivity index (χ4n) is 3.12. The summed E-state index contributed by atoms with van der Waals surface area (Å²) in [5, 5.41) is 37.4. The molecule has 0 bridgehead atoms. The Morgan fingerprint density at radius 1 is 0.512 bits per heavy atom.